The van der Waals surface area contributed by atoms with Gasteiger partial charge in [-0.25, -0.2) is 0 Å². The van der Waals surface area contributed by atoms with Gasteiger partial charge in [-0.1, -0.05) is 48.0 Å². The van der Waals surface area contributed by atoms with Gasteiger partial charge in [-0.15, -0.1) is 15.3 Å². The number of phenols is 2. The smallest absolute Gasteiger partial charge is 0.151 e. The van der Waals surface area contributed by atoms with Gasteiger partial charge in [0.1, 0.15) is 28.6 Å². The summed E-state index contributed by atoms with van der Waals surface area (Å²) in [7, 11) is 1.51. The molecule has 9 heteroatoms. The van der Waals surface area contributed by atoms with E-state index in [4.69, 9.17) is 4.74 Å². The molecule has 0 spiro atoms. The summed E-state index contributed by atoms with van der Waals surface area (Å²) in [6.45, 7) is 3.89. The number of hydrogen-bond acceptors (Lipinski definition) is 8. The Morgan fingerprint density at radius 1 is 0.636 bits per heavy atom. The van der Waals surface area contributed by atoms with Crippen LogP contribution >= 0.6 is 0 Å². The molecule has 0 aliphatic carbocycles. The van der Waals surface area contributed by atoms with Gasteiger partial charge in [0.15, 0.2) is 5.75 Å². The second-order valence-electron chi connectivity index (χ2n) is 10.3. The minimum atomic E-state index is -0.151. The van der Waals surface area contributed by atoms with E-state index in [2.05, 4.69) is 44.0 Å². The molecule has 44 heavy (non-hydrogen) atoms. The van der Waals surface area contributed by atoms with Crippen LogP contribution in [0.1, 0.15) is 11.1 Å². The number of nitrogens with one attached hydrogen (secondary N) is 1. The van der Waals surface area contributed by atoms with E-state index in [0.29, 0.717) is 28.2 Å². The van der Waals surface area contributed by atoms with Crippen LogP contribution in [0.3, 0.4) is 0 Å². The van der Waals surface area contributed by atoms with Crippen molar-refractivity contribution < 1.29 is 32.0 Å². The fourth-order valence-corrected chi connectivity index (χ4v) is 4.91. The summed E-state index contributed by atoms with van der Waals surface area (Å²) in [4.78, 5) is 0. The molecule has 0 unspecified atom stereocenters. The average Bonchev–Trinajstić information content (AvgIpc) is 3.00. The van der Waals surface area contributed by atoms with Crippen molar-refractivity contribution in [2.75, 3.05) is 12.4 Å². The first kappa shape index (κ1) is 30.2. The average molecular weight is 631 g/mol. The zero-order valence-electron chi connectivity index (χ0n) is 24.2. The number of methoxy groups -OCH3 is 1. The molecule has 0 atom stereocenters. The quantitative estimate of drug-likeness (QED) is 0.120. The first-order chi connectivity index (χ1) is 20.9. The Labute approximate surface area is 265 Å². The van der Waals surface area contributed by atoms with Crippen molar-refractivity contribution in [3.05, 3.63) is 114 Å². The molecule has 0 saturated carbocycles. The van der Waals surface area contributed by atoms with Crippen molar-refractivity contribution in [1.82, 2.24) is 0 Å². The van der Waals surface area contributed by atoms with Gasteiger partial charge in [-0.3, -0.25) is 0 Å². The number of nitrogens with zero attached hydrogens (tertiary/aromatic N) is 4. The van der Waals surface area contributed by atoms with Crippen LogP contribution in [-0.4, -0.2) is 17.3 Å². The standard InChI is InChI=1S/C35H29N5O3.Cu/c1-21-9-10-23-11-12-28(17-24(23)15-21)37-39-31-19-32(41)30(20-33(31)43-3)38-40-34-22(2)16-25-18-27(13-14-29(25)35(34)42)36-26-7-5-4-6-8-26;/h4-20,36,41-42H,1-3H3;. The van der Waals surface area contributed by atoms with E-state index < -0.39 is 0 Å². The van der Waals surface area contributed by atoms with Gasteiger partial charge in [0.2, 0.25) is 0 Å². The summed E-state index contributed by atoms with van der Waals surface area (Å²) in [6, 6.07) is 32.5. The third-order valence-electron chi connectivity index (χ3n) is 7.13. The van der Waals surface area contributed by atoms with Crippen LogP contribution in [0.4, 0.5) is 34.1 Å². The molecule has 1 radical (unpaired) electrons. The fraction of sp³-hybridized carbons (Fsp3) is 0.0857. The third-order valence-corrected chi connectivity index (χ3v) is 7.13. The largest absolute Gasteiger partial charge is 0.506 e. The van der Waals surface area contributed by atoms with Gasteiger partial charge >= 0.3 is 0 Å². The van der Waals surface area contributed by atoms with E-state index in [9.17, 15) is 10.2 Å². The second-order valence-corrected chi connectivity index (χ2v) is 10.3. The molecule has 8 nitrogen and oxygen atoms in total. The summed E-state index contributed by atoms with van der Waals surface area (Å²) in [6.07, 6.45) is 0. The van der Waals surface area contributed by atoms with Gasteiger partial charge in [0.25, 0.3) is 0 Å². The molecular formula is C35H29CuN5O3. The van der Waals surface area contributed by atoms with Gasteiger partial charge in [-0.2, -0.15) is 5.11 Å². The molecule has 6 aromatic rings. The Bertz CT molecular complexity index is 2050. The number of azo groups is 2. The van der Waals surface area contributed by atoms with E-state index in [0.717, 1.165) is 38.7 Å². The number of fused-ring (bicyclic) bond motifs is 2. The minimum Gasteiger partial charge on any atom is -0.506 e. The maximum absolute atomic E-state index is 11.1. The van der Waals surface area contributed by atoms with Crippen molar-refractivity contribution in [1.29, 1.82) is 0 Å². The van der Waals surface area contributed by atoms with Gasteiger partial charge in [0, 0.05) is 46.0 Å². The summed E-state index contributed by atoms with van der Waals surface area (Å²) < 4.78 is 5.50. The molecule has 223 valence electrons. The molecule has 0 amide bonds. The Morgan fingerprint density at radius 3 is 2.20 bits per heavy atom. The molecule has 0 saturated heterocycles. The molecule has 3 N–H and O–H groups in total. The number of phenolic OH excluding ortho intramolecular Hbond substituents is 2. The Morgan fingerprint density at radius 2 is 1.41 bits per heavy atom. The van der Waals surface area contributed by atoms with E-state index in [1.54, 1.807) is 0 Å². The number of ether oxygens (including phenoxy) is 1. The molecule has 0 fully saturated rings. The Balaban J connectivity index is 0.00000384. The number of rotatable bonds is 7. The molecule has 6 rings (SSSR count). The molecular weight excluding hydrogens is 602 g/mol. The van der Waals surface area contributed by atoms with Crippen molar-refractivity contribution in [2.45, 2.75) is 13.8 Å². The van der Waals surface area contributed by atoms with Gasteiger partial charge in [0.05, 0.1) is 12.8 Å². The molecule has 0 aromatic heterocycles. The molecule has 6 aromatic carbocycles. The van der Waals surface area contributed by atoms with E-state index in [1.807, 2.05) is 86.6 Å². The van der Waals surface area contributed by atoms with Crippen molar-refractivity contribution in [2.24, 2.45) is 20.5 Å². The number of aryl methyl sites for hydroxylation is 2. The third kappa shape index (κ3) is 6.39. The molecule has 0 aliphatic rings. The fourth-order valence-electron chi connectivity index (χ4n) is 4.91. The maximum atomic E-state index is 11.1. The number of aromatic hydroxyl groups is 2. The number of benzene rings is 6. The summed E-state index contributed by atoms with van der Waals surface area (Å²) >= 11 is 0. The summed E-state index contributed by atoms with van der Waals surface area (Å²) in [5, 5.41) is 46.1. The number of anilines is 2. The maximum Gasteiger partial charge on any atom is 0.151 e. The number of hydrogen-bond donors (Lipinski definition) is 3. The first-order valence-corrected chi connectivity index (χ1v) is 13.7. The van der Waals surface area contributed by atoms with E-state index >= 15 is 0 Å². The Kier molecular flexibility index (Phi) is 8.90. The van der Waals surface area contributed by atoms with Crippen LogP contribution in [0, 0.1) is 13.8 Å². The molecule has 0 aliphatic heterocycles. The van der Waals surface area contributed by atoms with Gasteiger partial charge < -0.3 is 20.3 Å². The number of para-hydroxylation sites is 1. The van der Waals surface area contributed by atoms with Crippen molar-refractivity contribution >= 4 is 55.7 Å². The zero-order chi connectivity index (χ0) is 29.9. The van der Waals surface area contributed by atoms with Gasteiger partial charge in [-0.05, 0) is 84.1 Å². The monoisotopic (exact) mass is 630 g/mol. The van der Waals surface area contributed by atoms with Crippen molar-refractivity contribution in [3.8, 4) is 17.2 Å². The topological polar surface area (TPSA) is 111 Å². The predicted molar refractivity (Wildman–Crippen MR) is 172 cm³/mol. The second kappa shape index (κ2) is 13.0. The first-order valence-electron chi connectivity index (χ1n) is 13.7. The van der Waals surface area contributed by atoms with Crippen LogP contribution in [0.5, 0.6) is 17.2 Å². The van der Waals surface area contributed by atoms with Crippen LogP contribution < -0.4 is 10.1 Å². The summed E-state index contributed by atoms with van der Waals surface area (Å²) in [5.41, 5.74) is 5.25. The SMILES string of the molecule is COc1cc(N=Nc2c(C)cc3cc(Nc4ccccc4)ccc3c2O)c(O)cc1N=Nc1ccc2ccc(C)cc2c1.[Cu]. The van der Waals surface area contributed by atoms with E-state index in [1.165, 1.54) is 19.2 Å². The van der Waals surface area contributed by atoms with Crippen molar-refractivity contribution in [3.63, 3.8) is 0 Å². The summed E-state index contributed by atoms with van der Waals surface area (Å²) in [5.74, 6) is 0.222. The van der Waals surface area contributed by atoms with Crippen LogP contribution in [0.25, 0.3) is 21.5 Å². The predicted octanol–water partition coefficient (Wildman–Crippen LogP) is 10.6. The van der Waals surface area contributed by atoms with Crippen LogP contribution in [0.2, 0.25) is 0 Å². The van der Waals surface area contributed by atoms with Crippen LogP contribution in [-0.2, 0) is 17.1 Å². The minimum absolute atomic E-state index is 0. The molecule has 0 heterocycles. The Hall–Kier alpha value is -5.24. The zero-order valence-corrected chi connectivity index (χ0v) is 25.1. The normalized spacial score (nSPS) is 11.3. The van der Waals surface area contributed by atoms with E-state index in [-0.39, 0.29) is 34.3 Å². The van der Waals surface area contributed by atoms with Crippen LogP contribution in [0.15, 0.2) is 124 Å². The molecule has 0 bridgehead atoms.